The van der Waals surface area contributed by atoms with Crippen LogP contribution in [0.1, 0.15) is 0 Å². The lowest BCUT2D eigenvalue weighted by Gasteiger charge is -1.82. The van der Waals surface area contributed by atoms with E-state index in [0.29, 0.717) is 0 Å². The topological polar surface area (TPSA) is 125 Å². The number of hydrogen-bond acceptors (Lipinski definition) is 3. The van der Waals surface area contributed by atoms with E-state index < -0.39 is 7.82 Å². The first-order chi connectivity index (χ1) is 3.41. The molecule has 7 N–H and O–H groups in total. The molecule has 0 saturated heterocycles. The second-order valence-electron chi connectivity index (χ2n) is 1.01. The van der Waals surface area contributed by atoms with Crippen molar-refractivity contribution in [2.45, 2.75) is 0 Å². The minimum absolute atomic E-state index is 0. The summed E-state index contributed by atoms with van der Waals surface area (Å²) in [7, 11) is -0.889. The normalized spacial score (nSPS) is 8.56. The van der Waals surface area contributed by atoms with Gasteiger partial charge in [0.1, 0.15) is 0 Å². The Labute approximate surface area is 53.7 Å². The Bertz CT molecular complexity index is 72.4. The monoisotopic (exact) mass is 160 g/mol. The van der Waals surface area contributed by atoms with Crippen LogP contribution in [0.4, 0.5) is 0 Å². The summed E-state index contributed by atoms with van der Waals surface area (Å²) in [6, 6.07) is 0. The zero-order valence-corrected chi connectivity index (χ0v) is 6.30. The van der Waals surface area contributed by atoms with Crippen molar-refractivity contribution in [1.29, 1.82) is 0 Å². The van der Waals surface area contributed by atoms with Crippen LogP contribution in [0.15, 0.2) is 0 Å². The van der Waals surface area contributed by atoms with Gasteiger partial charge in [0, 0.05) is 0 Å². The van der Waals surface area contributed by atoms with E-state index in [9.17, 15) is 0 Å². The van der Waals surface area contributed by atoms with E-state index in [4.69, 9.17) is 19.2 Å². The molecule has 0 rings (SSSR count). The Morgan fingerprint density at radius 1 is 1.22 bits per heavy atom. The van der Waals surface area contributed by atoms with Gasteiger partial charge < -0.3 is 26.1 Å². The summed E-state index contributed by atoms with van der Waals surface area (Å²) >= 11 is 0. The maximum absolute atomic E-state index is 8.88. The van der Waals surface area contributed by atoms with Crippen LogP contribution >= 0.6 is 7.82 Å². The highest BCUT2D eigenvalue weighted by atomic mass is 31.2. The average Bonchev–Trinajstić information content (AvgIpc) is 1.27. The highest BCUT2D eigenvalue weighted by Crippen LogP contribution is 2.25. The maximum atomic E-state index is 8.88. The molecule has 0 fully saturated rings. The molecule has 0 amide bonds. The minimum Gasteiger partial charge on any atom is -0.344 e. The van der Waals surface area contributed by atoms with Crippen LogP contribution in [0.25, 0.3) is 0 Å². The van der Waals surface area contributed by atoms with Gasteiger partial charge in [0.05, 0.1) is 0 Å². The van der Waals surface area contributed by atoms with Crippen molar-refractivity contribution < 1.29 is 19.2 Å². The van der Waals surface area contributed by atoms with Gasteiger partial charge in [-0.25, -0.2) is 4.57 Å². The van der Waals surface area contributed by atoms with E-state index >= 15 is 0 Å². The molecule has 0 aromatic carbocycles. The summed E-state index contributed by atoms with van der Waals surface area (Å²) in [5, 5.41) is 2.75. The van der Waals surface area contributed by atoms with Crippen LogP contribution in [0, 0.1) is 0 Å². The van der Waals surface area contributed by atoms with E-state index in [1.165, 1.54) is 0 Å². The van der Waals surface area contributed by atoms with Crippen LogP contribution in [0.2, 0.25) is 0 Å². The number of nitrogens with one attached hydrogen (secondary N) is 1. The van der Waals surface area contributed by atoms with E-state index in [-0.39, 0.29) is 6.15 Å². The minimum atomic E-state index is -4.64. The Hall–Kier alpha value is 0.0300. The maximum Gasteiger partial charge on any atom is 0.466 e. The third-order valence-electron chi connectivity index (χ3n) is 0. The molecule has 0 bridgehead atoms. The predicted octanol–water partition coefficient (Wildman–Crippen LogP) is -0.931. The lowest BCUT2D eigenvalue weighted by Crippen LogP contribution is -1.89. The molecule has 9 heavy (non-hydrogen) atoms. The summed E-state index contributed by atoms with van der Waals surface area (Å²) in [6.45, 7) is 0. The van der Waals surface area contributed by atoms with Gasteiger partial charge in [-0.3, -0.25) is 0 Å². The Kier molecular flexibility index (Phi) is 14.3. The van der Waals surface area contributed by atoms with Crippen molar-refractivity contribution in [2.75, 3.05) is 14.1 Å². The fourth-order valence-corrected chi connectivity index (χ4v) is 0. The molecule has 60 valence electrons. The van der Waals surface area contributed by atoms with E-state index in [1.807, 2.05) is 14.1 Å². The van der Waals surface area contributed by atoms with Crippen LogP contribution in [-0.4, -0.2) is 28.8 Å². The molecule has 6 nitrogen and oxygen atoms in total. The van der Waals surface area contributed by atoms with Gasteiger partial charge in [0.25, 0.3) is 0 Å². The quantitative estimate of drug-likeness (QED) is 0.291. The Balaban J connectivity index is -0.0000000800. The summed E-state index contributed by atoms with van der Waals surface area (Å²) in [6.07, 6.45) is 0. The van der Waals surface area contributed by atoms with Gasteiger partial charge in [-0.15, -0.1) is 0 Å². The van der Waals surface area contributed by atoms with Crippen molar-refractivity contribution in [3.63, 3.8) is 0 Å². The molecular weight excluding hydrogens is 147 g/mol. The zero-order valence-electron chi connectivity index (χ0n) is 5.40. The van der Waals surface area contributed by atoms with Gasteiger partial charge in [0.15, 0.2) is 0 Å². The average molecular weight is 160 g/mol. The molecule has 0 radical (unpaired) electrons. The molecule has 0 spiro atoms. The van der Waals surface area contributed by atoms with Gasteiger partial charge in [-0.05, 0) is 14.1 Å². The Morgan fingerprint density at radius 3 is 1.22 bits per heavy atom. The zero-order chi connectivity index (χ0) is 7.21. The largest absolute Gasteiger partial charge is 0.466 e. The standard InChI is InChI=1S/C2H7N.H3N.H3O4P/c1-3-2;;1-5(2,3)4/h3H,1-2H3;1H3;(H3,1,2,3,4). The fourth-order valence-electron chi connectivity index (χ4n) is 0. The molecule has 0 atom stereocenters. The molecule has 0 heterocycles. The van der Waals surface area contributed by atoms with Crippen molar-refractivity contribution in [2.24, 2.45) is 0 Å². The fraction of sp³-hybridized carbons (Fsp3) is 1.00. The van der Waals surface area contributed by atoms with Gasteiger partial charge >= 0.3 is 7.82 Å². The molecular formula is C2H13N2O4P. The number of rotatable bonds is 0. The number of phosphoric acid groups is 1. The number of hydrogen-bond donors (Lipinski definition) is 5. The molecule has 0 aromatic rings. The second kappa shape index (κ2) is 8.03. The van der Waals surface area contributed by atoms with Gasteiger partial charge in [-0.2, -0.15) is 0 Å². The molecule has 0 aliphatic heterocycles. The van der Waals surface area contributed by atoms with Crippen molar-refractivity contribution in [1.82, 2.24) is 11.5 Å². The first-order valence-corrected chi connectivity index (χ1v) is 3.35. The highest BCUT2D eigenvalue weighted by molar-refractivity contribution is 7.45. The molecule has 0 aromatic heterocycles. The highest BCUT2D eigenvalue weighted by Gasteiger charge is 2.00. The van der Waals surface area contributed by atoms with E-state index in [0.717, 1.165) is 0 Å². The molecule has 0 aliphatic carbocycles. The summed E-state index contributed by atoms with van der Waals surface area (Å²) in [5.41, 5.74) is 0. The molecule has 0 aliphatic rings. The summed E-state index contributed by atoms with van der Waals surface area (Å²) in [5.74, 6) is 0. The SMILES string of the molecule is CNC.N.O=P(O)(O)O. The first kappa shape index (κ1) is 16.0. The lowest BCUT2D eigenvalue weighted by molar-refractivity contribution is 0.275. The second-order valence-corrected chi connectivity index (χ2v) is 2.04. The third-order valence-corrected chi connectivity index (χ3v) is 0. The lowest BCUT2D eigenvalue weighted by atomic mass is 11.3. The van der Waals surface area contributed by atoms with Gasteiger partial charge in [0.2, 0.25) is 0 Å². The Morgan fingerprint density at radius 2 is 1.22 bits per heavy atom. The van der Waals surface area contributed by atoms with Gasteiger partial charge in [-0.1, -0.05) is 0 Å². The van der Waals surface area contributed by atoms with Crippen LogP contribution < -0.4 is 11.5 Å². The van der Waals surface area contributed by atoms with E-state index in [1.54, 1.807) is 0 Å². The summed E-state index contributed by atoms with van der Waals surface area (Å²) < 4.78 is 8.88. The predicted molar refractivity (Wildman–Crippen MR) is 34.3 cm³/mol. The van der Waals surface area contributed by atoms with Crippen LogP contribution in [0.3, 0.4) is 0 Å². The van der Waals surface area contributed by atoms with Crippen molar-refractivity contribution in [3.8, 4) is 0 Å². The molecule has 0 saturated carbocycles. The van der Waals surface area contributed by atoms with Crippen LogP contribution in [0.5, 0.6) is 0 Å². The van der Waals surface area contributed by atoms with E-state index in [2.05, 4.69) is 5.32 Å². The van der Waals surface area contributed by atoms with Crippen molar-refractivity contribution >= 4 is 7.82 Å². The van der Waals surface area contributed by atoms with Crippen LogP contribution in [-0.2, 0) is 4.57 Å². The third kappa shape index (κ3) is 324000. The molecule has 0 unspecified atom stereocenters. The summed E-state index contributed by atoms with van der Waals surface area (Å²) in [4.78, 5) is 21.6. The first-order valence-electron chi connectivity index (χ1n) is 1.78. The van der Waals surface area contributed by atoms with Crippen molar-refractivity contribution in [3.05, 3.63) is 0 Å². The smallest absolute Gasteiger partial charge is 0.344 e. The molecule has 7 heteroatoms.